The van der Waals surface area contributed by atoms with Crippen LogP contribution in [0, 0.1) is 17.7 Å². The topological polar surface area (TPSA) is 65.5 Å². The lowest BCUT2D eigenvalue weighted by molar-refractivity contribution is 0.0926. The standard InChI is InChI=1S/C24H26ClFN4O/c25-21-12-19(26)5-6-20(21)17-9-14(13-29-24-27-7-8-28-24)10-18(11-17)23(31)30-22(15-1-2-15)16-3-4-16/h5-6,9-12,15-16,22H,1-4,7-8,13H2,(H,30,31)(H2,27,28,29). The van der Waals surface area contributed by atoms with Gasteiger partial charge >= 0.3 is 0 Å². The highest BCUT2D eigenvalue weighted by Crippen LogP contribution is 2.44. The fourth-order valence-electron chi connectivity index (χ4n) is 4.27. The third-order valence-corrected chi connectivity index (χ3v) is 6.50. The normalized spacial score (nSPS) is 18.0. The lowest BCUT2D eigenvalue weighted by Gasteiger charge is -2.19. The number of halogens is 2. The zero-order chi connectivity index (χ0) is 21.4. The molecular formula is C24H26ClFN4O. The number of carbonyl (C=O) groups excluding carboxylic acids is 1. The van der Waals surface area contributed by atoms with Crippen molar-refractivity contribution in [1.29, 1.82) is 0 Å². The van der Waals surface area contributed by atoms with Crippen molar-refractivity contribution in [2.75, 3.05) is 13.1 Å². The van der Waals surface area contributed by atoms with Crippen molar-refractivity contribution >= 4 is 23.5 Å². The summed E-state index contributed by atoms with van der Waals surface area (Å²) in [4.78, 5) is 17.6. The molecule has 2 saturated carbocycles. The van der Waals surface area contributed by atoms with E-state index in [0.717, 1.165) is 30.2 Å². The Balaban J connectivity index is 1.43. The molecule has 0 bridgehead atoms. The zero-order valence-electron chi connectivity index (χ0n) is 17.3. The van der Waals surface area contributed by atoms with E-state index in [-0.39, 0.29) is 17.8 Å². The molecule has 0 unspecified atom stereocenters. The first-order valence-corrected chi connectivity index (χ1v) is 11.4. The molecule has 1 heterocycles. The first-order chi connectivity index (χ1) is 15.1. The van der Waals surface area contributed by atoms with Gasteiger partial charge in [0.05, 0.1) is 11.6 Å². The quantitative estimate of drug-likeness (QED) is 0.607. The summed E-state index contributed by atoms with van der Waals surface area (Å²) in [7, 11) is 0. The molecule has 3 aliphatic rings. The number of benzene rings is 2. The third-order valence-electron chi connectivity index (χ3n) is 6.19. The van der Waals surface area contributed by atoms with E-state index in [9.17, 15) is 9.18 Å². The van der Waals surface area contributed by atoms with Crippen LogP contribution in [-0.2, 0) is 6.54 Å². The van der Waals surface area contributed by atoms with Gasteiger partial charge in [0.15, 0.2) is 5.96 Å². The number of guanidine groups is 1. The molecule has 162 valence electrons. The molecule has 0 radical (unpaired) electrons. The number of nitrogens with one attached hydrogen (secondary N) is 3. The second-order valence-electron chi connectivity index (χ2n) is 8.73. The van der Waals surface area contributed by atoms with Crippen LogP contribution in [0.5, 0.6) is 0 Å². The number of hydrogen-bond acceptors (Lipinski definition) is 4. The Morgan fingerprint density at radius 3 is 2.58 bits per heavy atom. The maximum absolute atomic E-state index is 13.6. The maximum Gasteiger partial charge on any atom is 0.251 e. The first-order valence-electron chi connectivity index (χ1n) is 11.0. The Hall–Kier alpha value is -2.60. The summed E-state index contributed by atoms with van der Waals surface area (Å²) >= 11 is 6.33. The van der Waals surface area contributed by atoms with Crippen molar-refractivity contribution in [2.24, 2.45) is 16.8 Å². The number of nitrogens with zero attached hydrogens (tertiary/aromatic N) is 1. The predicted molar refractivity (Wildman–Crippen MR) is 121 cm³/mol. The van der Waals surface area contributed by atoms with Gasteiger partial charge in [-0.05, 0) is 85.0 Å². The number of carbonyl (C=O) groups is 1. The van der Waals surface area contributed by atoms with Crippen molar-refractivity contribution in [3.8, 4) is 11.1 Å². The van der Waals surface area contributed by atoms with E-state index in [4.69, 9.17) is 11.6 Å². The van der Waals surface area contributed by atoms with Gasteiger partial charge in [0.1, 0.15) is 5.82 Å². The van der Waals surface area contributed by atoms with Crippen molar-refractivity contribution < 1.29 is 9.18 Å². The SMILES string of the molecule is O=C(NC(C1CC1)C1CC1)c1cc(CNC2=NCCN2)cc(-c2ccc(F)cc2Cl)c1. The summed E-state index contributed by atoms with van der Waals surface area (Å²) in [6, 6.07) is 10.4. The molecule has 3 N–H and O–H groups in total. The van der Waals surface area contributed by atoms with Crippen LogP contribution in [0.2, 0.25) is 5.02 Å². The van der Waals surface area contributed by atoms with Crippen molar-refractivity contribution in [3.05, 3.63) is 58.4 Å². The number of hydrogen-bond donors (Lipinski definition) is 3. The molecule has 0 saturated heterocycles. The van der Waals surface area contributed by atoms with Crippen LogP contribution in [-0.4, -0.2) is 31.0 Å². The second-order valence-corrected chi connectivity index (χ2v) is 9.13. The van der Waals surface area contributed by atoms with Crippen LogP contribution in [0.3, 0.4) is 0 Å². The van der Waals surface area contributed by atoms with Crippen LogP contribution in [0.15, 0.2) is 41.4 Å². The van der Waals surface area contributed by atoms with Gasteiger partial charge in [-0.1, -0.05) is 11.6 Å². The smallest absolute Gasteiger partial charge is 0.251 e. The highest BCUT2D eigenvalue weighted by Gasteiger charge is 2.42. The summed E-state index contributed by atoms with van der Waals surface area (Å²) in [5.41, 5.74) is 3.04. The lowest BCUT2D eigenvalue weighted by Crippen LogP contribution is -2.38. The minimum absolute atomic E-state index is 0.0542. The molecule has 2 aromatic carbocycles. The van der Waals surface area contributed by atoms with Gasteiger partial charge in [-0.2, -0.15) is 0 Å². The lowest BCUT2D eigenvalue weighted by atomic mass is 9.98. The van der Waals surface area contributed by atoms with E-state index in [0.29, 0.717) is 34.5 Å². The van der Waals surface area contributed by atoms with Crippen molar-refractivity contribution in [1.82, 2.24) is 16.0 Å². The van der Waals surface area contributed by atoms with Gasteiger partial charge in [0.2, 0.25) is 0 Å². The van der Waals surface area contributed by atoms with Crippen LogP contribution in [0.25, 0.3) is 11.1 Å². The number of rotatable bonds is 7. The molecule has 0 aromatic heterocycles. The molecule has 31 heavy (non-hydrogen) atoms. The molecule has 1 aliphatic heterocycles. The Bertz CT molecular complexity index is 1020. The van der Waals surface area contributed by atoms with Crippen LogP contribution < -0.4 is 16.0 Å². The van der Waals surface area contributed by atoms with Crippen LogP contribution >= 0.6 is 11.6 Å². The fraction of sp³-hybridized carbons (Fsp3) is 0.417. The molecule has 0 spiro atoms. The molecule has 2 aromatic rings. The van der Waals surface area contributed by atoms with E-state index >= 15 is 0 Å². The van der Waals surface area contributed by atoms with E-state index in [1.165, 1.54) is 37.8 Å². The minimum atomic E-state index is -0.383. The molecule has 2 fully saturated rings. The summed E-state index contributed by atoms with van der Waals surface area (Å²) in [5, 5.41) is 10.1. The van der Waals surface area contributed by atoms with E-state index in [2.05, 4.69) is 20.9 Å². The zero-order valence-corrected chi connectivity index (χ0v) is 18.0. The van der Waals surface area contributed by atoms with Gasteiger partial charge < -0.3 is 16.0 Å². The Morgan fingerprint density at radius 1 is 1.16 bits per heavy atom. The molecule has 5 rings (SSSR count). The summed E-state index contributed by atoms with van der Waals surface area (Å²) in [6.45, 7) is 2.10. The fourth-order valence-corrected chi connectivity index (χ4v) is 4.55. The summed E-state index contributed by atoms with van der Waals surface area (Å²) in [6.07, 6.45) is 4.82. The van der Waals surface area contributed by atoms with Gasteiger partial charge in [-0.25, -0.2) is 4.39 Å². The van der Waals surface area contributed by atoms with E-state index < -0.39 is 0 Å². The molecular weight excluding hydrogens is 415 g/mol. The van der Waals surface area contributed by atoms with Crippen LogP contribution in [0.1, 0.15) is 41.6 Å². The molecule has 5 nitrogen and oxygen atoms in total. The number of aliphatic imine (C=N–C) groups is 1. The van der Waals surface area contributed by atoms with E-state index in [1.54, 1.807) is 6.07 Å². The Morgan fingerprint density at radius 2 is 1.94 bits per heavy atom. The first kappa shape index (κ1) is 20.3. The van der Waals surface area contributed by atoms with Crippen molar-refractivity contribution in [3.63, 3.8) is 0 Å². The van der Waals surface area contributed by atoms with Crippen LogP contribution in [0.4, 0.5) is 4.39 Å². The highest BCUT2D eigenvalue weighted by molar-refractivity contribution is 6.33. The maximum atomic E-state index is 13.6. The molecule has 1 amide bonds. The third kappa shape index (κ3) is 4.85. The van der Waals surface area contributed by atoms with Gasteiger partial charge in [-0.3, -0.25) is 9.79 Å². The predicted octanol–water partition coefficient (Wildman–Crippen LogP) is 4.11. The number of amides is 1. The Kier molecular flexibility index (Phi) is 5.57. The highest BCUT2D eigenvalue weighted by atomic mass is 35.5. The Labute approximate surface area is 186 Å². The summed E-state index contributed by atoms with van der Waals surface area (Å²) in [5.74, 6) is 1.57. The minimum Gasteiger partial charge on any atom is -0.355 e. The largest absolute Gasteiger partial charge is 0.355 e. The molecule has 7 heteroatoms. The summed E-state index contributed by atoms with van der Waals surface area (Å²) < 4.78 is 13.6. The van der Waals surface area contributed by atoms with Gasteiger partial charge in [0, 0.05) is 30.3 Å². The average Bonchev–Trinajstić information content (AvgIpc) is 3.69. The monoisotopic (exact) mass is 440 g/mol. The molecule has 0 atom stereocenters. The molecule has 2 aliphatic carbocycles. The van der Waals surface area contributed by atoms with E-state index in [1.807, 2.05) is 18.2 Å². The average molecular weight is 441 g/mol. The van der Waals surface area contributed by atoms with Crippen molar-refractivity contribution in [2.45, 2.75) is 38.3 Å². The van der Waals surface area contributed by atoms with Gasteiger partial charge in [0.25, 0.3) is 5.91 Å². The second kappa shape index (κ2) is 8.50. The van der Waals surface area contributed by atoms with Gasteiger partial charge in [-0.15, -0.1) is 0 Å².